The summed E-state index contributed by atoms with van der Waals surface area (Å²) in [7, 11) is 0. The molecule has 0 saturated carbocycles. The lowest BCUT2D eigenvalue weighted by molar-refractivity contribution is 0.583. The molecular formula is C17H15F2N3O2. The van der Waals surface area contributed by atoms with Gasteiger partial charge in [-0.3, -0.25) is 9.36 Å². The fourth-order valence-corrected chi connectivity index (χ4v) is 3.41. The number of H-pyrrole nitrogens is 1. The molecule has 0 aliphatic carbocycles. The van der Waals surface area contributed by atoms with Crippen molar-refractivity contribution in [1.82, 2.24) is 14.1 Å². The van der Waals surface area contributed by atoms with E-state index < -0.39 is 22.9 Å². The predicted octanol–water partition coefficient (Wildman–Crippen LogP) is 2.27. The Hall–Kier alpha value is -2.70. The smallest absolute Gasteiger partial charge is 0.308 e. The van der Waals surface area contributed by atoms with Crippen LogP contribution >= 0.6 is 0 Å². The van der Waals surface area contributed by atoms with Crippen LogP contribution in [-0.4, -0.2) is 14.1 Å². The highest BCUT2D eigenvalue weighted by atomic mass is 19.1. The topological polar surface area (TPSA) is 59.8 Å². The second kappa shape index (κ2) is 5.15. The summed E-state index contributed by atoms with van der Waals surface area (Å²) in [5, 5.41) is 0. The summed E-state index contributed by atoms with van der Waals surface area (Å²) in [5.74, 6) is -1.66. The molecule has 3 heterocycles. The highest BCUT2D eigenvalue weighted by Gasteiger charge is 2.26. The summed E-state index contributed by atoms with van der Waals surface area (Å²) in [6.45, 7) is 2.31. The van der Waals surface area contributed by atoms with Crippen LogP contribution in [0.5, 0.6) is 0 Å². The number of aromatic nitrogens is 3. The van der Waals surface area contributed by atoms with Crippen LogP contribution in [-0.2, 0) is 19.4 Å². The quantitative estimate of drug-likeness (QED) is 0.783. The summed E-state index contributed by atoms with van der Waals surface area (Å²) in [5.41, 5.74) is -0.0383. The number of fused-ring (bicyclic) bond motifs is 3. The lowest BCUT2D eigenvalue weighted by atomic mass is 10.1. The molecule has 2 aromatic heterocycles. The molecule has 0 fully saturated rings. The van der Waals surface area contributed by atoms with E-state index in [2.05, 4.69) is 4.98 Å². The number of rotatable bonds is 2. The van der Waals surface area contributed by atoms with E-state index in [4.69, 9.17) is 0 Å². The second-order valence-corrected chi connectivity index (χ2v) is 5.95. The maximum atomic E-state index is 14.7. The van der Waals surface area contributed by atoms with Gasteiger partial charge in [0.05, 0.1) is 11.2 Å². The Morgan fingerprint density at radius 2 is 2.04 bits per heavy atom. The predicted molar refractivity (Wildman–Crippen MR) is 85.8 cm³/mol. The van der Waals surface area contributed by atoms with E-state index in [1.54, 1.807) is 6.07 Å². The second-order valence-electron chi connectivity index (χ2n) is 5.95. The number of imidazole rings is 1. The van der Waals surface area contributed by atoms with E-state index in [0.29, 0.717) is 31.5 Å². The van der Waals surface area contributed by atoms with Crippen LogP contribution in [0.3, 0.4) is 0 Å². The van der Waals surface area contributed by atoms with Crippen molar-refractivity contribution in [3.63, 3.8) is 0 Å². The minimum Gasteiger partial charge on any atom is -0.308 e. The molecule has 3 aromatic rings. The van der Waals surface area contributed by atoms with Gasteiger partial charge in [-0.1, -0.05) is 13.0 Å². The molecule has 0 spiro atoms. The van der Waals surface area contributed by atoms with Crippen molar-refractivity contribution in [2.75, 3.05) is 0 Å². The lowest BCUT2D eigenvalue weighted by Crippen LogP contribution is -2.24. The van der Waals surface area contributed by atoms with Gasteiger partial charge < -0.3 is 9.55 Å². The Labute approximate surface area is 135 Å². The highest BCUT2D eigenvalue weighted by molar-refractivity contribution is 5.80. The third-order valence-corrected chi connectivity index (χ3v) is 4.61. The van der Waals surface area contributed by atoms with Crippen LogP contribution in [0, 0.1) is 11.6 Å². The van der Waals surface area contributed by atoms with Gasteiger partial charge in [0.15, 0.2) is 0 Å². The maximum Gasteiger partial charge on any atom is 0.331 e. The van der Waals surface area contributed by atoms with Gasteiger partial charge in [-0.2, -0.15) is 4.39 Å². The van der Waals surface area contributed by atoms with Gasteiger partial charge in [-0.25, -0.2) is 9.18 Å². The minimum atomic E-state index is -1.03. The molecule has 1 aliphatic rings. The average Bonchev–Trinajstić information content (AvgIpc) is 3.17. The molecule has 0 saturated heterocycles. The van der Waals surface area contributed by atoms with Crippen LogP contribution in [0.15, 0.2) is 27.8 Å². The van der Waals surface area contributed by atoms with Gasteiger partial charge >= 0.3 is 5.69 Å². The number of aryl methyl sites for hydroxylation is 2. The van der Waals surface area contributed by atoms with Crippen LogP contribution in [0.1, 0.15) is 24.6 Å². The molecule has 4 rings (SSSR count). The third-order valence-electron chi connectivity index (χ3n) is 4.61. The van der Waals surface area contributed by atoms with E-state index in [0.717, 1.165) is 10.1 Å². The molecule has 5 nitrogen and oxygen atoms in total. The van der Waals surface area contributed by atoms with Crippen LogP contribution in [0.4, 0.5) is 8.78 Å². The number of aromatic amines is 1. The zero-order valence-electron chi connectivity index (χ0n) is 13.0. The number of nitrogens with one attached hydrogen (secondary N) is 1. The molecule has 124 valence electrons. The van der Waals surface area contributed by atoms with Crippen molar-refractivity contribution in [1.29, 1.82) is 0 Å². The molecule has 0 atom stereocenters. The normalized spacial score (nSPS) is 13.6. The Morgan fingerprint density at radius 3 is 2.75 bits per heavy atom. The molecular weight excluding hydrogens is 316 g/mol. The van der Waals surface area contributed by atoms with E-state index in [1.807, 2.05) is 6.92 Å². The van der Waals surface area contributed by atoms with E-state index in [9.17, 15) is 18.4 Å². The molecule has 7 heteroatoms. The van der Waals surface area contributed by atoms with Crippen molar-refractivity contribution >= 4 is 11.0 Å². The third kappa shape index (κ3) is 1.90. The molecule has 0 amide bonds. The van der Waals surface area contributed by atoms with Crippen LogP contribution < -0.4 is 11.2 Å². The number of nitrogens with zero attached hydrogens (tertiary/aromatic N) is 2. The van der Waals surface area contributed by atoms with Gasteiger partial charge in [-0.05, 0) is 37.0 Å². The SMILES string of the molecule is CCc1ccc(-n2c(=O)[nH]c3c4n(c(=O)c(F)c32)CCC4)c(F)c1. The molecule has 24 heavy (non-hydrogen) atoms. The summed E-state index contributed by atoms with van der Waals surface area (Å²) >= 11 is 0. The zero-order valence-corrected chi connectivity index (χ0v) is 13.0. The fourth-order valence-electron chi connectivity index (χ4n) is 3.41. The molecule has 0 unspecified atom stereocenters. The summed E-state index contributed by atoms with van der Waals surface area (Å²) in [6.07, 6.45) is 1.92. The first-order chi connectivity index (χ1) is 11.5. The summed E-state index contributed by atoms with van der Waals surface area (Å²) in [6, 6.07) is 4.44. The fraction of sp³-hybridized carbons (Fsp3) is 0.294. The number of benzene rings is 1. The van der Waals surface area contributed by atoms with Crippen molar-refractivity contribution < 1.29 is 8.78 Å². The molecule has 1 aliphatic heterocycles. The summed E-state index contributed by atoms with van der Waals surface area (Å²) in [4.78, 5) is 27.2. The Bertz CT molecular complexity index is 1090. The maximum absolute atomic E-state index is 14.7. The molecule has 1 N–H and O–H groups in total. The number of hydrogen-bond donors (Lipinski definition) is 1. The Morgan fingerprint density at radius 1 is 1.25 bits per heavy atom. The van der Waals surface area contributed by atoms with Gasteiger partial charge in [0.1, 0.15) is 11.3 Å². The molecule has 1 aromatic carbocycles. The van der Waals surface area contributed by atoms with Gasteiger partial charge in [0, 0.05) is 12.2 Å². The molecule has 0 radical (unpaired) electrons. The van der Waals surface area contributed by atoms with Crippen LogP contribution in [0.25, 0.3) is 16.7 Å². The van der Waals surface area contributed by atoms with Crippen molar-refractivity contribution in [3.05, 3.63) is 61.9 Å². The van der Waals surface area contributed by atoms with Gasteiger partial charge in [0.25, 0.3) is 5.56 Å². The Kier molecular flexibility index (Phi) is 3.19. The van der Waals surface area contributed by atoms with Crippen molar-refractivity contribution in [2.45, 2.75) is 32.7 Å². The van der Waals surface area contributed by atoms with E-state index >= 15 is 0 Å². The standard InChI is InChI=1S/C17H15F2N3O2/c1-2-9-5-6-11(10(18)8-9)22-15-13(19)16(23)21-7-3-4-12(21)14(15)20-17(22)24/h5-6,8H,2-4,7H2,1H3,(H,20,24). The minimum absolute atomic E-state index is 0.0651. The monoisotopic (exact) mass is 331 g/mol. The van der Waals surface area contributed by atoms with E-state index in [1.165, 1.54) is 16.7 Å². The highest BCUT2D eigenvalue weighted by Crippen LogP contribution is 2.25. The number of hydrogen-bond acceptors (Lipinski definition) is 2. The average molecular weight is 331 g/mol. The first kappa shape index (κ1) is 14.9. The van der Waals surface area contributed by atoms with E-state index in [-0.39, 0.29) is 16.7 Å². The largest absolute Gasteiger partial charge is 0.331 e. The summed E-state index contributed by atoms with van der Waals surface area (Å²) < 4.78 is 31.3. The van der Waals surface area contributed by atoms with Crippen molar-refractivity contribution in [3.8, 4) is 5.69 Å². The Balaban J connectivity index is 2.11. The van der Waals surface area contributed by atoms with Gasteiger partial charge in [0.2, 0.25) is 5.82 Å². The van der Waals surface area contributed by atoms with Crippen molar-refractivity contribution in [2.24, 2.45) is 0 Å². The lowest BCUT2D eigenvalue weighted by Gasteiger charge is -2.09. The number of halogens is 2. The zero-order chi connectivity index (χ0) is 17.0. The first-order valence-electron chi connectivity index (χ1n) is 7.87. The number of pyridine rings is 1. The van der Waals surface area contributed by atoms with Crippen LogP contribution in [0.2, 0.25) is 0 Å². The molecule has 0 bridgehead atoms. The van der Waals surface area contributed by atoms with Gasteiger partial charge in [-0.15, -0.1) is 0 Å². The first-order valence-corrected chi connectivity index (χ1v) is 7.87.